The molecule has 0 amide bonds. The summed E-state index contributed by atoms with van der Waals surface area (Å²) in [4.78, 5) is 39.6. The van der Waals surface area contributed by atoms with Crippen LogP contribution in [-0.2, 0) is 14.2 Å². The second kappa shape index (κ2) is 25.8. The molecule has 0 radical (unpaired) electrons. The minimum atomic E-state index is -0.676. The molecule has 0 aromatic heterocycles. The zero-order valence-electron chi connectivity index (χ0n) is 29.8. The molecule has 6 heteroatoms. The number of ether oxygens (including phenoxy) is 3. The molecule has 0 fully saturated rings. The van der Waals surface area contributed by atoms with Crippen molar-refractivity contribution in [2.75, 3.05) is 19.8 Å². The second-order valence-corrected chi connectivity index (χ2v) is 14.0. The van der Waals surface area contributed by atoms with Crippen molar-refractivity contribution in [3.63, 3.8) is 0 Å². The van der Waals surface area contributed by atoms with Crippen molar-refractivity contribution < 1.29 is 28.6 Å². The molecule has 258 valence electrons. The van der Waals surface area contributed by atoms with Crippen LogP contribution in [-0.4, -0.2) is 37.7 Å². The molecule has 0 saturated heterocycles. The van der Waals surface area contributed by atoms with Crippen LogP contribution in [0.4, 0.5) is 0 Å². The highest BCUT2D eigenvalue weighted by atomic mass is 16.5. The molecule has 1 aromatic rings. The number of unbranched alkanes of at least 4 members (excludes halogenated alkanes) is 12. The highest BCUT2D eigenvalue weighted by Crippen LogP contribution is 2.21. The highest BCUT2D eigenvalue weighted by molar-refractivity contribution is 6.10. The molecule has 0 aliphatic carbocycles. The van der Waals surface area contributed by atoms with Crippen molar-refractivity contribution in [3.8, 4) is 0 Å². The number of esters is 3. The summed E-state index contributed by atoms with van der Waals surface area (Å²) in [6, 6.07) is 4.67. The van der Waals surface area contributed by atoms with E-state index >= 15 is 0 Å². The number of rotatable bonds is 27. The fourth-order valence-corrected chi connectivity index (χ4v) is 5.39. The minimum Gasteiger partial charge on any atom is -0.462 e. The summed E-state index contributed by atoms with van der Waals surface area (Å²) in [5, 5.41) is 0. The van der Waals surface area contributed by atoms with Crippen LogP contribution < -0.4 is 0 Å². The number of carbonyl (C=O) groups is 3. The largest absolute Gasteiger partial charge is 0.462 e. The topological polar surface area (TPSA) is 78.9 Å². The zero-order valence-corrected chi connectivity index (χ0v) is 29.8. The summed E-state index contributed by atoms with van der Waals surface area (Å²) in [7, 11) is 0. The van der Waals surface area contributed by atoms with Crippen molar-refractivity contribution in [2.45, 2.75) is 157 Å². The molecule has 0 atom stereocenters. The number of hydrogen-bond donors (Lipinski definition) is 0. The Kier molecular flexibility index (Phi) is 23.3. The van der Waals surface area contributed by atoms with Crippen LogP contribution in [0, 0.1) is 17.8 Å². The Balaban J connectivity index is 2.73. The summed E-state index contributed by atoms with van der Waals surface area (Å²) in [5.41, 5.74) is 0.0715. The van der Waals surface area contributed by atoms with E-state index in [0.717, 1.165) is 75.5 Å². The third kappa shape index (κ3) is 20.4. The van der Waals surface area contributed by atoms with Gasteiger partial charge >= 0.3 is 17.9 Å². The van der Waals surface area contributed by atoms with Crippen LogP contribution in [0.1, 0.15) is 188 Å². The number of carbonyl (C=O) groups excluding carboxylic acids is 3. The van der Waals surface area contributed by atoms with Gasteiger partial charge in [-0.05, 0) is 49.1 Å². The Hall–Kier alpha value is -2.37. The summed E-state index contributed by atoms with van der Waals surface area (Å²) in [6.07, 6.45) is 19.5. The molecular weight excluding hydrogens is 564 g/mol. The van der Waals surface area contributed by atoms with E-state index in [1.165, 1.54) is 69.9 Å². The van der Waals surface area contributed by atoms with Gasteiger partial charge in [-0.1, -0.05) is 144 Å². The van der Waals surface area contributed by atoms with E-state index in [-0.39, 0.29) is 36.5 Å². The van der Waals surface area contributed by atoms with E-state index in [1.54, 1.807) is 6.07 Å². The lowest BCUT2D eigenvalue weighted by Gasteiger charge is -2.14. The van der Waals surface area contributed by atoms with E-state index in [4.69, 9.17) is 14.2 Å². The fraction of sp³-hybridized carbons (Fsp3) is 0.769. The van der Waals surface area contributed by atoms with Gasteiger partial charge in [0, 0.05) is 0 Å². The maximum Gasteiger partial charge on any atom is 0.339 e. The average molecular weight is 631 g/mol. The monoisotopic (exact) mass is 630 g/mol. The molecule has 0 heterocycles. The van der Waals surface area contributed by atoms with E-state index < -0.39 is 17.9 Å². The third-order valence-corrected chi connectivity index (χ3v) is 8.19. The first kappa shape index (κ1) is 40.7. The summed E-state index contributed by atoms with van der Waals surface area (Å²) < 4.78 is 16.7. The Bertz CT molecular complexity index is 881. The summed E-state index contributed by atoms with van der Waals surface area (Å²) in [6.45, 7) is 14.2. The molecule has 0 aliphatic heterocycles. The number of benzene rings is 1. The Morgan fingerprint density at radius 3 is 1.07 bits per heavy atom. The van der Waals surface area contributed by atoms with Gasteiger partial charge in [-0.15, -0.1) is 0 Å². The van der Waals surface area contributed by atoms with Crippen LogP contribution in [0.2, 0.25) is 0 Å². The van der Waals surface area contributed by atoms with Crippen molar-refractivity contribution in [3.05, 3.63) is 34.9 Å². The van der Waals surface area contributed by atoms with Gasteiger partial charge < -0.3 is 14.2 Å². The van der Waals surface area contributed by atoms with Crippen molar-refractivity contribution in [1.29, 1.82) is 0 Å². The normalized spacial score (nSPS) is 11.4. The summed E-state index contributed by atoms with van der Waals surface area (Å²) in [5.74, 6) is 0.279. The standard InChI is InChI=1S/C39H66O6/c1-31(2)23-16-10-7-13-19-28-43-37(40)34-26-22-27-35(38(41)44-29-20-14-8-11-17-24-32(3)4)36(34)39(42)45-30-21-15-9-12-18-25-33(5)6/h22,26-27,31-33H,7-21,23-25,28-30H2,1-6H3. The summed E-state index contributed by atoms with van der Waals surface area (Å²) >= 11 is 0. The van der Waals surface area contributed by atoms with Gasteiger partial charge in [-0.25, -0.2) is 14.4 Å². The zero-order chi connectivity index (χ0) is 33.3. The quantitative estimate of drug-likeness (QED) is 0.0546. The van der Waals surface area contributed by atoms with Gasteiger partial charge in [-0.3, -0.25) is 0 Å². The molecule has 0 bridgehead atoms. The predicted molar refractivity (Wildman–Crippen MR) is 185 cm³/mol. The van der Waals surface area contributed by atoms with Gasteiger partial charge in [0.25, 0.3) is 0 Å². The molecule has 0 spiro atoms. The van der Waals surface area contributed by atoms with Gasteiger partial charge in [0.1, 0.15) is 0 Å². The first-order valence-electron chi connectivity index (χ1n) is 18.3. The van der Waals surface area contributed by atoms with Crippen LogP contribution in [0.5, 0.6) is 0 Å². The minimum absolute atomic E-state index is 0.0493. The van der Waals surface area contributed by atoms with E-state index in [9.17, 15) is 14.4 Å². The van der Waals surface area contributed by atoms with Crippen LogP contribution in [0.25, 0.3) is 0 Å². The van der Waals surface area contributed by atoms with Crippen molar-refractivity contribution in [2.24, 2.45) is 17.8 Å². The predicted octanol–water partition coefficient (Wildman–Crippen LogP) is 11.1. The molecule has 0 unspecified atom stereocenters. The fourth-order valence-electron chi connectivity index (χ4n) is 5.39. The molecule has 0 N–H and O–H groups in total. The Morgan fingerprint density at radius 2 is 0.733 bits per heavy atom. The van der Waals surface area contributed by atoms with Gasteiger partial charge in [0.15, 0.2) is 0 Å². The Labute approximate surface area is 275 Å². The molecule has 1 rings (SSSR count). The first-order chi connectivity index (χ1) is 21.6. The lowest BCUT2D eigenvalue weighted by atomic mass is 10.0. The molecule has 1 aromatic carbocycles. The second-order valence-electron chi connectivity index (χ2n) is 14.0. The Morgan fingerprint density at radius 1 is 0.444 bits per heavy atom. The van der Waals surface area contributed by atoms with Gasteiger partial charge in [0.05, 0.1) is 36.5 Å². The molecule has 6 nitrogen and oxygen atoms in total. The maximum atomic E-state index is 13.3. The van der Waals surface area contributed by atoms with E-state index in [0.29, 0.717) is 0 Å². The van der Waals surface area contributed by atoms with Crippen LogP contribution in [0.3, 0.4) is 0 Å². The van der Waals surface area contributed by atoms with E-state index in [1.807, 2.05) is 0 Å². The maximum absolute atomic E-state index is 13.3. The van der Waals surface area contributed by atoms with Crippen LogP contribution >= 0.6 is 0 Å². The average Bonchev–Trinajstić information content (AvgIpc) is 2.99. The third-order valence-electron chi connectivity index (χ3n) is 8.19. The van der Waals surface area contributed by atoms with Gasteiger partial charge in [0.2, 0.25) is 0 Å². The van der Waals surface area contributed by atoms with Gasteiger partial charge in [-0.2, -0.15) is 0 Å². The molecule has 45 heavy (non-hydrogen) atoms. The lowest BCUT2D eigenvalue weighted by Crippen LogP contribution is -2.20. The smallest absolute Gasteiger partial charge is 0.339 e. The molecule has 0 aliphatic rings. The molecule has 0 saturated carbocycles. The van der Waals surface area contributed by atoms with Crippen molar-refractivity contribution >= 4 is 17.9 Å². The lowest BCUT2D eigenvalue weighted by molar-refractivity contribution is 0.0430. The van der Waals surface area contributed by atoms with Crippen LogP contribution in [0.15, 0.2) is 18.2 Å². The highest BCUT2D eigenvalue weighted by Gasteiger charge is 2.27. The SMILES string of the molecule is CC(C)CCCCCCCOC(=O)c1cccc(C(=O)OCCCCCCCC(C)C)c1C(=O)OCCCCCCCC(C)C. The number of hydrogen-bond acceptors (Lipinski definition) is 6. The first-order valence-corrected chi connectivity index (χ1v) is 18.3. The van der Waals surface area contributed by atoms with Crippen molar-refractivity contribution in [1.82, 2.24) is 0 Å². The van der Waals surface area contributed by atoms with E-state index in [2.05, 4.69) is 41.5 Å². The molecular formula is C39H66O6.